The lowest BCUT2D eigenvalue weighted by atomic mass is 10.0. The van der Waals surface area contributed by atoms with E-state index in [2.05, 4.69) is 53.6 Å². The van der Waals surface area contributed by atoms with Gasteiger partial charge in [-0.3, -0.25) is 0 Å². The molecule has 0 spiro atoms. The Kier molecular flexibility index (Phi) is 4.34. The second kappa shape index (κ2) is 6.39. The summed E-state index contributed by atoms with van der Waals surface area (Å²) in [6.07, 6.45) is 6.32. The van der Waals surface area contributed by atoms with Gasteiger partial charge in [0.2, 0.25) is 0 Å². The molecule has 0 unspecified atom stereocenters. The zero-order valence-corrected chi connectivity index (χ0v) is 13.3. The van der Waals surface area contributed by atoms with E-state index in [4.69, 9.17) is 4.74 Å². The Morgan fingerprint density at radius 2 is 2.10 bits per heavy atom. The van der Waals surface area contributed by atoms with Crippen molar-refractivity contribution in [3.05, 3.63) is 48.2 Å². The summed E-state index contributed by atoms with van der Waals surface area (Å²) < 4.78 is 10.3. The van der Waals surface area contributed by atoms with Crippen molar-refractivity contribution in [2.24, 2.45) is 10.3 Å². The van der Waals surface area contributed by atoms with Gasteiger partial charge in [-0.05, 0) is 47.7 Å². The standard InChI is InChI=1S/C17H20N2OS/c1-13(2)12-20-15-7-5-14(6-8-15)16-4-3-9-19-10-11-21-18-17(16)19/h3-9,13H,10-12H2,1-2H3. The lowest BCUT2D eigenvalue weighted by molar-refractivity contribution is 0.271. The molecule has 0 saturated heterocycles. The third-order valence-corrected chi connectivity index (χ3v) is 4.03. The van der Waals surface area contributed by atoms with Crippen LogP contribution in [0.4, 0.5) is 0 Å². The van der Waals surface area contributed by atoms with Gasteiger partial charge in [0.25, 0.3) is 0 Å². The molecule has 3 rings (SSSR count). The Balaban J connectivity index is 1.79. The first-order valence-corrected chi connectivity index (χ1v) is 8.27. The number of nitrogens with zero attached hydrogens (tertiary/aromatic N) is 2. The van der Waals surface area contributed by atoms with Gasteiger partial charge in [-0.15, -0.1) is 0 Å². The van der Waals surface area contributed by atoms with Crippen LogP contribution in [0, 0.1) is 5.92 Å². The second-order valence-electron chi connectivity index (χ2n) is 5.59. The minimum absolute atomic E-state index is 0.540. The molecule has 0 aliphatic carbocycles. The number of ether oxygens (including phenoxy) is 1. The van der Waals surface area contributed by atoms with Crippen molar-refractivity contribution in [1.29, 1.82) is 0 Å². The molecule has 0 amide bonds. The fraction of sp³-hybridized carbons (Fsp3) is 0.353. The van der Waals surface area contributed by atoms with E-state index in [1.54, 1.807) is 11.9 Å². The van der Waals surface area contributed by atoms with Gasteiger partial charge in [0.05, 0.1) is 6.61 Å². The predicted octanol–water partition coefficient (Wildman–Crippen LogP) is 3.99. The maximum absolute atomic E-state index is 5.74. The minimum atomic E-state index is 0.540. The number of rotatable bonds is 4. The fourth-order valence-electron chi connectivity index (χ4n) is 2.29. The molecule has 4 heteroatoms. The SMILES string of the molecule is CC(C)COc1ccc(C2=CC=CN3CCSN=C23)cc1. The third-order valence-electron chi connectivity index (χ3n) is 3.37. The maximum Gasteiger partial charge on any atom is 0.148 e. The van der Waals surface area contributed by atoms with Crippen LogP contribution in [-0.4, -0.2) is 29.6 Å². The first-order valence-electron chi connectivity index (χ1n) is 7.33. The number of hydrogen-bond acceptors (Lipinski definition) is 4. The van der Waals surface area contributed by atoms with E-state index in [1.807, 2.05) is 12.1 Å². The molecule has 1 aromatic carbocycles. The fourth-order valence-corrected chi connectivity index (χ4v) is 2.99. The van der Waals surface area contributed by atoms with Gasteiger partial charge in [-0.2, -0.15) is 4.40 Å². The van der Waals surface area contributed by atoms with Crippen molar-refractivity contribution in [1.82, 2.24) is 4.90 Å². The first-order chi connectivity index (χ1) is 10.2. The number of hydrogen-bond donors (Lipinski definition) is 0. The molecule has 0 fully saturated rings. The zero-order valence-electron chi connectivity index (χ0n) is 12.5. The normalized spacial score (nSPS) is 17.4. The van der Waals surface area contributed by atoms with Crippen LogP contribution >= 0.6 is 11.9 Å². The summed E-state index contributed by atoms with van der Waals surface area (Å²) in [6, 6.07) is 8.30. The Morgan fingerprint density at radius 3 is 2.86 bits per heavy atom. The Bertz CT molecular complexity index is 587. The number of benzene rings is 1. The molecular weight excluding hydrogens is 280 g/mol. The summed E-state index contributed by atoms with van der Waals surface area (Å²) in [5.41, 5.74) is 2.36. The highest BCUT2D eigenvalue weighted by Gasteiger charge is 2.21. The first kappa shape index (κ1) is 14.3. The Labute approximate surface area is 130 Å². The molecule has 0 N–H and O–H groups in total. The van der Waals surface area contributed by atoms with Gasteiger partial charge in [-0.1, -0.05) is 26.0 Å². The molecule has 2 aliphatic heterocycles. The molecule has 110 valence electrons. The van der Waals surface area contributed by atoms with Crippen molar-refractivity contribution in [2.45, 2.75) is 13.8 Å². The van der Waals surface area contributed by atoms with E-state index in [0.29, 0.717) is 5.92 Å². The van der Waals surface area contributed by atoms with Crippen molar-refractivity contribution in [3.63, 3.8) is 0 Å². The lowest BCUT2D eigenvalue weighted by Gasteiger charge is -2.29. The van der Waals surface area contributed by atoms with Crippen LogP contribution in [0.3, 0.4) is 0 Å². The third kappa shape index (κ3) is 3.32. The van der Waals surface area contributed by atoms with Crippen molar-refractivity contribution in [3.8, 4) is 5.75 Å². The zero-order chi connectivity index (χ0) is 14.7. The summed E-state index contributed by atoms with van der Waals surface area (Å²) in [7, 11) is 0. The minimum Gasteiger partial charge on any atom is -0.493 e. The Morgan fingerprint density at radius 1 is 1.29 bits per heavy atom. The molecule has 1 aromatic rings. The molecule has 2 heterocycles. The number of fused-ring (bicyclic) bond motifs is 1. The Hall–Kier alpha value is -1.68. The van der Waals surface area contributed by atoms with E-state index >= 15 is 0 Å². The highest BCUT2D eigenvalue weighted by Crippen LogP contribution is 2.28. The topological polar surface area (TPSA) is 24.8 Å². The average molecular weight is 300 g/mol. The average Bonchev–Trinajstić information content (AvgIpc) is 2.53. The van der Waals surface area contributed by atoms with Crippen LogP contribution in [0.25, 0.3) is 5.57 Å². The molecule has 2 aliphatic rings. The molecule has 0 saturated carbocycles. The molecule has 0 radical (unpaired) electrons. The van der Waals surface area contributed by atoms with Crippen LogP contribution < -0.4 is 4.74 Å². The van der Waals surface area contributed by atoms with E-state index in [9.17, 15) is 0 Å². The van der Waals surface area contributed by atoms with E-state index in [-0.39, 0.29) is 0 Å². The van der Waals surface area contributed by atoms with Gasteiger partial charge >= 0.3 is 0 Å². The monoisotopic (exact) mass is 300 g/mol. The summed E-state index contributed by atoms with van der Waals surface area (Å²) >= 11 is 1.64. The van der Waals surface area contributed by atoms with E-state index in [0.717, 1.165) is 30.5 Å². The molecular formula is C17H20N2OS. The quantitative estimate of drug-likeness (QED) is 0.786. The molecule has 3 nitrogen and oxygen atoms in total. The van der Waals surface area contributed by atoms with Crippen LogP contribution in [0.1, 0.15) is 19.4 Å². The summed E-state index contributed by atoms with van der Waals surface area (Å²) in [6.45, 7) is 6.08. The van der Waals surface area contributed by atoms with Crippen LogP contribution in [0.2, 0.25) is 0 Å². The van der Waals surface area contributed by atoms with Crippen molar-refractivity contribution < 1.29 is 4.74 Å². The number of amidine groups is 1. The smallest absolute Gasteiger partial charge is 0.148 e. The van der Waals surface area contributed by atoms with Crippen LogP contribution in [0.15, 0.2) is 47.0 Å². The van der Waals surface area contributed by atoms with Crippen molar-refractivity contribution >= 4 is 23.4 Å². The highest BCUT2D eigenvalue weighted by atomic mass is 32.2. The molecule has 0 bridgehead atoms. The summed E-state index contributed by atoms with van der Waals surface area (Å²) in [5, 5.41) is 0. The van der Waals surface area contributed by atoms with Crippen molar-refractivity contribution in [2.75, 3.05) is 18.9 Å². The van der Waals surface area contributed by atoms with Gasteiger partial charge in [0.1, 0.15) is 11.6 Å². The van der Waals surface area contributed by atoms with Crippen LogP contribution in [-0.2, 0) is 0 Å². The number of allylic oxidation sites excluding steroid dienone is 2. The van der Waals surface area contributed by atoms with Crippen LogP contribution in [0.5, 0.6) is 5.75 Å². The second-order valence-corrected chi connectivity index (χ2v) is 6.44. The van der Waals surface area contributed by atoms with E-state index < -0.39 is 0 Å². The van der Waals surface area contributed by atoms with Gasteiger partial charge in [0.15, 0.2) is 0 Å². The summed E-state index contributed by atoms with van der Waals surface area (Å²) in [4.78, 5) is 2.22. The molecule has 21 heavy (non-hydrogen) atoms. The van der Waals surface area contributed by atoms with E-state index in [1.165, 1.54) is 11.1 Å². The lowest BCUT2D eigenvalue weighted by Crippen LogP contribution is -2.32. The summed E-state index contributed by atoms with van der Waals surface area (Å²) in [5.74, 6) is 3.57. The largest absolute Gasteiger partial charge is 0.493 e. The van der Waals surface area contributed by atoms with Gasteiger partial charge in [0, 0.05) is 24.1 Å². The van der Waals surface area contributed by atoms with Gasteiger partial charge in [-0.25, -0.2) is 0 Å². The molecule has 0 aromatic heterocycles. The predicted molar refractivity (Wildman–Crippen MR) is 90.5 cm³/mol. The highest BCUT2D eigenvalue weighted by molar-refractivity contribution is 7.98. The molecule has 0 atom stereocenters. The van der Waals surface area contributed by atoms with Gasteiger partial charge < -0.3 is 9.64 Å². The maximum atomic E-state index is 5.74.